The van der Waals surface area contributed by atoms with Crippen LogP contribution in [0.4, 0.5) is 0 Å². The molecule has 1 aromatic carbocycles. The summed E-state index contributed by atoms with van der Waals surface area (Å²) in [7, 11) is 1.64. The van der Waals surface area contributed by atoms with E-state index in [0.717, 1.165) is 23.3 Å². The first-order valence-electron chi connectivity index (χ1n) is 5.91. The van der Waals surface area contributed by atoms with E-state index in [9.17, 15) is 4.79 Å². The number of oxazole rings is 1. The van der Waals surface area contributed by atoms with E-state index >= 15 is 0 Å². The molecule has 0 unspecified atom stereocenters. The number of hydrogen-bond donors (Lipinski definition) is 1. The molecule has 2 aromatic rings. The maximum absolute atomic E-state index is 10.7. The van der Waals surface area contributed by atoms with Gasteiger partial charge >= 0.3 is 5.97 Å². The summed E-state index contributed by atoms with van der Waals surface area (Å²) >= 11 is 0. The van der Waals surface area contributed by atoms with Crippen molar-refractivity contribution in [3.8, 4) is 5.75 Å². The van der Waals surface area contributed by atoms with Crippen LogP contribution in [0.3, 0.4) is 0 Å². The van der Waals surface area contributed by atoms with Crippen LogP contribution in [0.2, 0.25) is 0 Å². The van der Waals surface area contributed by atoms with Gasteiger partial charge in [-0.05, 0) is 30.5 Å². The summed E-state index contributed by atoms with van der Waals surface area (Å²) in [6.07, 6.45) is 2.54. The van der Waals surface area contributed by atoms with Gasteiger partial charge in [0.15, 0.2) is 5.89 Å². The molecule has 1 aromatic heterocycles. The van der Waals surface area contributed by atoms with Gasteiger partial charge in [-0.2, -0.15) is 0 Å². The maximum Gasteiger partial charge on any atom is 0.373 e. The van der Waals surface area contributed by atoms with Crippen LogP contribution in [-0.4, -0.2) is 23.2 Å². The summed E-state index contributed by atoms with van der Waals surface area (Å²) in [5.74, 6) is 0.0684. The Morgan fingerprint density at radius 2 is 2.21 bits per heavy atom. The van der Waals surface area contributed by atoms with Gasteiger partial charge in [-0.15, -0.1) is 0 Å². The predicted molar refractivity (Wildman–Crippen MR) is 68.6 cm³/mol. The van der Waals surface area contributed by atoms with E-state index in [0.29, 0.717) is 12.3 Å². The molecule has 0 radical (unpaired) electrons. The number of ether oxygens (including phenoxy) is 1. The number of aromatic nitrogens is 1. The van der Waals surface area contributed by atoms with Crippen molar-refractivity contribution in [2.45, 2.75) is 19.8 Å². The second kappa shape index (κ2) is 5.56. The number of carboxylic acids is 1. The average Bonchev–Trinajstić information content (AvgIpc) is 2.85. The van der Waals surface area contributed by atoms with Gasteiger partial charge in [0.1, 0.15) is 5.75 Å². The number of nitrogens with zero attached hydrogens (tertiary/aromatic N) is 1. The highest BCUT2D eigenvalue weighted by Gasteiger charge is 2.10. The van der Waals surface area contributed by atoms with Crippen LogP contribution in [0.15, 0.2) is 28.8 Å². The van der Waals surface area contributed by atoms with Crippen LogP contribution < -0.4 is 4.74 Å². The summed E-state index contributed by atoms with van der Waals surface area (Å²) in [5, 5.41) is 8.73. The van der Waals surface area contributed by atoms with Crippen LogP contribution in [0.5, 0.6) is 5.75 Å². The fraction of sp³-hybridized carbons (Fsp3) is 0.286. The van der Waals surface area contributed by atoms with Crippen LogP contribution in [0.1, 0.15) is 27.6 Å². The highest BCUT2D eigenvalue weighted by Crippen LogP contribution is 2.19. The Morgan fingerprint density at radius 1 is 1.42 bits per heavy atom. The first-order valence-corrected chi connectivity index (χ1v) is 5.91. The third-order valence-corrected chi connectivity index (χ3v) is 2.85. The van der Waals surface area contributed by atoms with E-state index in [1.807, 2.05) is 25.1 Å². The van der Waals surface area contributed by atoms with Gasteiger partial charge in [-0.25, -0.2) is 9.78 Å². The zero-order valence-corrected chi connectivity index (χ0v) is 10.8. The molecule has 0 saturated heterocycles. The molecule has 0 fully saturated rings. The highest BCUT2D eigenvalue weighted by atomic mass is 16.5. The zero-order valence-electron chi connectivity index (χ0n) is 10.8. The standard InChI is InChI=1S/C14H15NO4/c1-9-7-10(3-5-11(9)18-2)4-6-13-15-8-12(19-13)14(16)17/h3,5,7-8H,4,6H2,1-2H3,(H,16,17). The Balaban J connectivity index is 2.01. The van der Waals surface area contributed by atoms with E-state index in [1.54, 1.807) is 7.11 Å². The number of benzene rings is 1. The summed E-state index contributed by atoms with van der Waals surface area (Å²) in [6.45, 7) is 1.98. The van der Waals surface area contributed by atoms with Crippen molar-refractivity contribution < 1.29 is 19.1 Å². The molecule has 5 heteroatoms. The molecule has 0 bridgehead atoms. The Labute approximate surface area is 110 Å². The van der Waals surface area contributed by atoms with Crippen molar-refractivity contribution in [1.82, 2.24) is 4.98 Å². The van der Waals surface area contributed by atoms with Gasteiger partial charge < -0.3 is 14.3 Å². The zero-order chi connectivity index (χ0) is 13.8. The SMILES string of the molecule is COc1ccc(CCc2ncc(C(=O)O)o2)cc1C. The third kappa shape index (κ3) is 3.13. The second-order valence-corrected chi connectivity index (χ2v) is 4.23. The number of carboxylic acid groups (broad SMARTS) is 1. The summed E-state index contributed by atoms with van der Waals surface area (Å²) < 4.78 is 10.3. The summed E-state index contributed by atoms with van der Waals surface area (Å²) in [4.78, 5) is 14.6. The molecule has 19 heavy (non-hydrogen) atoms. The fourth-order valence-electron chi connectivity index (χ4n) is 1.87. The van der Waals surface area contributed by atoms with Crippen LogP contribution in [0, 0.1) is 6.92 Å². The lowest BCUT2D eigenvalue weighted by Gasteiger charge is -2.06. The predicted octanol–water partition coefficient (Wildman–Crippen LogP) is 2.48. The fourth-order valence-corrected chi connectivity index (χ4v) is 1.87. The molecule has 0 aliphatic carbocycles. The van der Waals surface area contributed by atoms with Crippen molar-refractivity contribution in [2.75, 3.05) is 7.11 Å². The van der Waals surface area contributed by atoms with Crippen LogP contribution in [0.25, 0.3) is 0 Å². The molecule has 0 saturated carbocycles. The number of rotatable bonds is 5. The minimum absolute atomic E-state index is 0.124. The first-order chi connectivity index (χ1) is 9.10. The summed E-state index contributed by atoms with van der Waals surface area (Å²) in [5.41, 5.74) is 2.20. The molecule has 1 heterocycles. The largest absolute Gasteiger partial charge is 0.496 e. The van der Waals surface area contributed by atoms with Crippen molar-refractivity contribution in [1.29, 1.82) is 0 Å². The minimum atomic E-state index is -1.10. The van der Waals surface area contributed by atoms with Crippen LogP contribution in [-0.2, 0) is 12.8 Å². The molecule has 100 valence electrons. The molecule has 0 atom stereocenters. The van der Waals surface area contributed by atoms with Crippen LogP contribution >= 0.6 is 0 Å². The van der Waals surface area contributed by atoms with E-state index in [-0.39, 0.29) is 5.76 Å². The van der Waals surface area contributed by atoms with Gasteiger partial charge in [0.25, 0.3) is 0 Å². The normalized spacial score (nSPS) is 10.4. The summed E-state index contributed by atoms with van der Waals surface area (Å²) in [6, 6.07) is 5.94. The number of methoxy groups -OCH3 is 1. The van der Waals surface area contributed by atoms with E-state index in [1.165, 1.54) is 6.20 Å². The number of hydrogen-bond acceptors (Lipinski definition) is 4. The molecule has 0 aliphatic heterocycles. The topological polar surface area (TPSA) is 72.6 Å². The molecule has 0 spiro atoms. The lowest BCUT2D eigenvalue weighted by atomic mass is 10.1. The van der Waals surface area contributed by atoms with Gasteiger partial charge in [0.05, 0.1) is 13.3 Å². The smallest absolute Gasteiger partial charge is 0.373 e. The van der Waals surface area contributed by atoms with Gasteiger partial charge in [0, 0.05) is 6.42 Å². The molecule has 1 N–H and O–H groups in total. The maximum atomic E-state index is 10.7. The Kier molecular flexibility index (Phi) is 3.85. The van der Waals surface area contributed by atoms with Crippen molar-refractivity contribution in [3.63, 3.8) is 0 Å². The lowest BCUT2D eigenvalue weighted by molar-refractivity contribution is 0.0660. The van der Waals surface area contributed by atoms with Crippen molar-refractivity contribution >= 4 is 5.97 Å². The Bertz CT molecular complexity index is 589. The molecule has 5 nitrogen and oxygen atoms in total. The lowest BCUT2D eigenvalue weighted by Crippen LogP contribution is -1.94. The third-order valence-electron chi connectivity index (χ3n) is 2.85. The van der Waals surface area contributed by atoms with E-state index in [2.05, 4.69) is 4.98 Å². The highest BCUT2D eigenvalue weighted by molar-refractivity contribution is 5.83. The number of aromatic carboxylic acids is 1. The van der Waals surface area contributed by atoms with E-state index < -0.39 is 5.97 Å². The molecule has 2 rings (SSSR count). The molecule has 0 amide bonds. The van der Waals surface area contributed by atoms with Crippen molar-refractivity contribution in [3.05, 3.63) is 47.2 Å². The average molecular weight is 261 g/mol. The molecule has 0 aliphatic rings. The molecular weight excluding hydrogens is 246 g/mol. The Morgan fingerprint density at radius 3 is 2.79 bits per heavy atom. The minimum Gasteiger partial charge on any atom is -0.496 e. The quantitative estimate of drug-likeness (QED) is 0.895. The second-order valence-electron chi connectivity index (χ2n) is 4.23. The number of aryl methyl sites for hydroxylation is 3. The van der Waals surface area contributed by atoms with Gasteiger partial charge in [-0.3, -0.25) is 0 Å². The monoisotopic (exact) mass is 261 g/mol. The van der Waals surface area contributed by atoms with Gasteiger partial charge in [0.2, 0.25) is 5.76 Å². The first kappa shape index (κ1) is 13.1. The molecular formula is C14H15NO4. The van der Waals surface area contributed by atoms with Crippen molar-refractivity contribution in [2.24, 2.45) is 0 Å². The van der Waals surface area contributed by atoms with Gasteiger partial charge in [-0.1, -0.05) is 12.1 Å². The Hall–Kier alpha value is -2.30. The van der Waals surface area contributed by atoms with E-state index in [4.69, 9.17) is 14.3 Å². The number of carbonyl (C=O) groups is 1.